The number of hydrogen-bond acceptors (Lipinski definition) is 6. The predicted molar refractivity (Wildman–Crippen MR) is 125 cm³/mol. The Morgan fingerprint density at radius 2 is 1.94 bits per heavy atom. The number of ether oxygens (including phenoxy) is 2. The summed E-state index contributed by atoms with van der Waals surface area (Å²) in [6.45, 7) is 7.38. The van der Waals surface area contributed by atoms with Crippen LogP contribution in [0.25, 0.3) is 11.0 Å². The predicted octanol–water partition coefficient (Wildman–Crippen LogP) is 3.74. The molecule has 33 heavy (non-hydrogen) atoms. The highest BCUT2D eigenvalue weighted by Gasteiger charge is 2.31. The zero-order chi connectivity index (χ0) is 23.8. The van der Waals surface area contributed by atoms with E-state index in [1.54, 1.807) is 25.1 Å². The summed E-state index contributed by atoms with van der Waals surface area (Å²) in [5.41, 5.74) is 2.52. The van der Waals surface area contributed by atoms with E-state index >= 15 is 0 Å². The highest BCUT2D eigenvalue weighted by Crippen LogP contribution is 2.43. The summed E-state index contributed by atoms with van der Waals surface area (Å²) >= 11 is 0. The fourth-order valence-electron chi connectivity index (χ4n) is 4.04. The Labute approximate surface area is 192 Å². The van der Waals surface area contributed by atoms with Crippen LogP contribution in [0.3, 0.4) is 0 Å². The average Bonchev–Trinajstić information content (AvgIpc) is 2.79. The summed E-state index contributed by atoms with van der Waals surface area (Å²) in [7, 11) is 0. The van der Waals surface area contributed by atoms with E-state index in [4.69, 9.17) is 13.9 Å². The van der Waals surface area contributed by atoms with Crippen LogP contribution in [-0.2, 0) is 11.2 Å². The molecule has 4 rings (SSSR count). The first-order valence-corrected chi connectivity index (χ1v) is 11.1. The van der Waals surface area contributed by atoms with Crippen molar-refractivity contribution in [2.45, 2.75) is 52.2 Å². The van der Waals surface area contributed by atoms with Crippen LogP contribution in [0.2, 0.25) is 0 Å². The van der Waals surface area contributed by atoms with Crippen LogP contribution in [0.5, 0.6) is 11.5 Å². The third-order valence-corrected chi connectivity index (χ3v) is 6.14. The summed E-state index contributed by atoms with van der Waals surface area (Å²) in [6.07, 6.45) is 0.690. The number of carbonyl (C=O) groups is 1. The Kier molecular flexibility index (Phi) is 6.17. The summed E-state index contributed by atoms with van der Waals surface area (Å²) in [6, 6.07) is 10.9. The average molecular weight is 452 g/mol. The Morgan fingerprint density at radius 3 is 2.67 bits per heavy atom. The third-order valence-electron chi connectivity index (χ3n) is 6.14. The van der Waals surface area contributed by atoms with E-state index in [2.05, 4.69) is 5.32 Å². The fraction of sp³-hybridized carbons (Fsp3) is 0.385. The molecule has 1 aromatic heterocycles. The van der Waals surface area contributed by atoms with Gasteiger partial charge in [0.2, 0.25) is 0 Å². The van der Waals surface area contributed by atoms with Gasteiger partial charge in [0, 0.05) is 23.7 Å². The molecule has 174 valence electrons. The zero-order valence-electron chi connectivity index (χ0n) is 19.4. The first kappa shape index (κ1) is 22.9. The maximum atomic E-state index is 12.4. The maximum Gasteiger partial charge on any atom is 0.339 e. The SMILES string of the molecule is Cc1c(C)c2c(OCC(=O)NC[C@H](O)c3ccccc3)cc3c(c2oc1=O)CCC(C)(C)O3. The van der Waals surface area contributed by atoms with Gasteiger partial charge in [-0.15, -0.1) is 0 Å². The van der Waals surface area contributed by atoms with Gasteiger partial charge in [0.05, 0.1) is 11.5 Å². The van der Waals surface area contributed by atoms with Crippen LogP contribution >= 0.6 is 0 Å². The molecule has 0 unspecified atom stereocenters. The smallest absolute Gasteiger partial charge is 0.339 e. The number of amides is 1. The highest BCUT2D eigenvalue weighted by molar-refractivity contribution is 5.92. The van der Waals surface area contributed by atoms with Crippen LogP contribution in [0, 0.1) is 13.8 Å². The second-order valence-corrected chi connectivity index (χ2v) is 9.08. The minimum atomic E-state index is -0.811. The molecule has 1 aliphatic heterocycles. The maximum absolute atomic E-state index is 12.4. The van der Waals surface area contributed by atoms with Gasteiger partial charge in [-0.25, -0.2) is 4.79 Å². The number of fused-ring (bicyclic) bond motifs is 3. The monoisotopic (exact) mass is 451 g/mol. The van der Waals surface area contributed by atoms with Crippen molar-refractivity contribution in [3.63, 3.8) is 0 Å². The van der Waals surface area contributed by atoms with Crippen molar-refractivity contribution in [2.75, 3.05) is 13.2 Å². The van der Waals surface area contributed by atoms with E-state index in [1.165, 1.54) is 0 Å². The third kappa shape index (κ3) is 4.73. The molecule has 0 saturated heterocycles. The normalized spacial score (nSPS) is 15.4. The van der Waals surface area contributed by atoms with Crippen molar-refractivity contribution in [3.05, 3.63) is 69.1 Å². The second-order valence-electron chi connectivity index (χ2n) is 9.08. The molecule has 0 aliphatic carbocycles. The lowest BCUT2D eigenvalue weighted by molar-refractivity contribution is -0.123. The van der Waals surface area contributed by atoms with Crippen LogP contribution < -0.4 is 20.4 Å². The molecule has 3 aromatic rings. The van der Waals surface area contributed by atoms with E-state index in [0.29, 0.717) is 34.5 Å². The molecule has 2 heterocycles. The van der Waals surface area contributed by atoms with Crippen molar-refractivity contribution in [3.8, 4) is 11.5 Å². The van der Waals surface area contributed by atoms with Gasteiger partial charge in [0.25, 0.3) is 5.91 Å². The quantitative estimate of drug-likeness (QED) is 0.554. The Hall–Kier alpha value is -3.32. The van der Waals surface area contributed by atoms with Gasteiger partial charge in [0.1, 0.15) is 22.7 Å². The van der Waals surface area contributed by atoms with Gasteiger partial charge in [-0.05, 0) is 51.7 Å². The lowest BCUT2D eigenvalue weighted by Gasteiger charge is -2.33. The van der Waals surface area contributed by atoms with Crippen molar-refractivity contribution in [1.82, 2.24) is 5.32 Å². The zero-order valence-corrected chi connectivity index (χ0v) is 19.4. The number of nitrogens with one attached hydrogen (secondary N) is 1. The van der Waals surface area contributed by atoms with E-state index in [9.17, 15) is 14.7 Å². The van der Waals surface area contributed by atoms with Gasteiger partial charge in [0.15, 0.2) is 6.61 Å². The molecule has 0 fully saturated rings. The van der Waals surface area contributed by atoms with E-state index in [-0.39, 0.29) is 24.7 Å². The molecule has 7 nitrogen and oxygen atoms in total. The Balaban J connectivity index is 1.57. The van der Waals surface area contributed by atoms with Crippen molar-refractivity contribution >= 4 is 16.9 Å². The molecule has 0 spiro atoms. The van der Waals surface area contributed by atoms with Gasteiger partial charge in [-0.1, -0.05) is 30.3 Å². The second kappa shape index (κ2) is 8.90. The lowest BCUT2D eigenvalue weighted by atomic mass is 9.92. The van der Waals surface area contributed by atoms with Crippen molar-refractivity contribution in [2.24, 2.45) is 0 Å². The molecule has 0 radical (unpaired) electrons. The minimum absolute atomic E-state index is 0.0709. The Morgan fingerprint density at radius 1 is 1.21 bits per heavy atom. The first-order valence-electron chi connectivity index (χ1n) is 11.1. The molecule has 2 aromatic carbocycles. The number of aryl methyl sites for hydroxylation is 2. The summed E-state index contributed by atoms with van der Waals surface area (Å²) in [5, 5.41) is 13.6. The van der Waals surface area contributed by atoms with E-state index < -0.39 is 11.7 Å². The molecule has 1 aliphatic rings. The first-order chi connectivity index (χ1) is 15.7. The summed E-state index contributed by atoms with van der Waals surface area (Å²) in [5.74, 6) is 0.647. The van der Waals surface area contributed by atoms with Crippen LogP contribution in [-0.4, -0.2) is 29.8 Å². The van der Waals surface area contributed by atoms with Gasteiger partial charge in [-0.2, -0.15) is 0 Å². The number of aliphatic hydroxyl groups is 1. The highest BCUT2D eigenvalue weighted by atomic mass is 16.5. The number of benzene rings is 2. The number of carbonyl (C=O) groups excluding carboxylic acids is 1. The van der Waals surface area contributed by atoms with Crippen LogP contribution in [0.1, 0.15) is 48.6 Å². The molecule has 1 atom stereocenters. The lowest BCUT2D eigenvalue weighted by Crippen LogP contribution is -2.33. The molecule has 0 saturated carbocycles. The van der Waals surface area contributed by atoms with Crippen LogP contribution in [0.4, 0.5) is 0 Å². The number of rotatable bonds is 6. The molecule has 2 N–H and O–H groups in total. The summed E-state index contributed by atoms with van der Waals surface area (Å²) < 4.78 is 17.7. The van der Waals surface area contributed by atoms with Crippen molar-refractivity contribution in [1.29, 1.82) is 0 Å². The fourth-order valence-corrected chi connectivity index (χ4v) is 4.04. The van der Waals surface area contributed by atoms with Gasteiger partial charge < -0.3 is 24.3 Å². The van der Waals surface area contributed by atoms with E-state index in [0.717, 1.165) is 23.1 Å². The number of aliphatic hydroxyl groups excluding tert-OH is 1. The molecule has 7 heteroatoms. The topological polar surface area (TPSA) is 98.0 Å². The standard InChI is InChI=1S/C26H29NO6/c1-15-16(2)25(30)32-24-18-10-11-26(3,4)33-20(18)12-21(23(15)24)31-14-22(29)27-13-19(28)17-8-6-5-7-9-17/h5-9,12,19,28H,10-11,13-14H2,1-4H3,(H,27,29)/t19-/m0/s1. The van der Waals surface area contributed by atoms with Gasteiger partial charge in [-0.3, -0.25) is 4.79 Å². The largest absolute Gasteiger partial charge is 0.487 e. The Bertz CT molecular complexity index is 1250. The molecular weight excluding hydrogens is 422 g/mol. The minimum Gasteiger partial charge on any atom is -0.487 e. The molecule has 1 amide bonds. The molecule has 0 bridgehead atoms. The van der Waals surface area contributed by atoms with Gasteiger partial charge >= 0.3 is 5.63 Å². The van der Waals surface area contributed by atoms with Crippen LogP contribution in [0.15, 0.2) is 45.6 Å². The summed E-state index contributed by atoms with van der Waals surface area (Å²) in [4.78, 5) is 24.8. The number of hydrogen-bond donors (Lipinski definition) is 2. The van der Waals surface area contributed by atoms with E-state index in [1.807, 2.05) is 39.0 Å². The van der Waals surface area contributed by atoms with Crippen molar-refractivity contribution < 1.29 is 23.8 Å². The molecular formula is C26H29NO6.